The van der Waals surface area contributed by atoms with Crippen LogP contribution in [0.15, 0.2) is 0 Å². The van der Waals surface area contributed by atoms with Gasteiger partial charge in [0.1, 0.15) is 0 Å². The highest BCUT2D eigenvalue weighted by atomic mass is 16.1. The SMILES string of the molecule is CCNC(=O)CCNC(C)C1CCN(C)CC1. The van der Waals surface area contributed by atoms with E-state index in [0.29, 0.717) is 12.5 Å². The quantitative estimate of drug-likeness (QED) is 0.724. The van der Waals surface area contributed by atoms with Crippen molar-refractivity contribution >= 4 is 5.91 Å². The minimum absolute atomic E-state index is 0.149. The number of nitrogens with zero attached hydrogens (tertiary/aromatic N) is 1. The van der Waals surface area contributed by atoms with Crippen LogP contribution in [0.5, 0.6) is 0 Å². The van der Waals surface area contributed by atoms with Gasteiger partial charge in [-0.25, -0.2) is 0 Å². The molecule has 0 spiro atoms. The van der Waals surface area contributed by atoms with Gasteiger partial charge in [-0.15, -0.1) is 0 Å². The first-order valence-electron chi connectivity index (χ1n) is 6.82. The number of nitrogens with one attached hydrogen (secondary N) is 2. The van der Waals surface area contributed by atoms with Crippen molar-refractivity contribution in [3.05, 3.63) is 0 Å². The van der Waals surface area contributed by atoms with Crippen LogP contribution in [0.4, 0.5) is 0 Å². The maximum absolute atomic E-state index is 11.3. The zero-order chi connectivity index (χ0) is 12.7. The lowest BCUT2D eigenvalue weighted by Gasteiger charge is -2.33. The number of amides is 1. The molecule has 0 radical (unpaired) electrons. The first-order chi connectivity index (χ1) is 8.13. The molecule has 1 saturated heterocycles. The van der Waals surface area contributed by atoms with Crippen LogP contribution < -0.4 is 10.6 Å². The predicted molar refractivity (Wildman–Crippen MR) is 71.0 cm³/mol. The van der Waals surface area contributed by atoms with Crippen LogP contribution >= 0.6 is 0 Å². The van der Waals surface area contributed by atoms with E-state index in [1.165, 1.54) is 25.9 Å². The van der Waals surface area contributed by atoms with Crippen LogP contribution in [0.1, 0.15) is 33.1 Å². The Kier molecular flexibility index (Phi) is 6.52. The number of hydrogen-bond acceptors (Lipinski definition) is 3. The van der Waals surface area contributed by atoms with Gasteiger partial charge >= 0.3 is 0 Å². The lowest BCUT2D eigenvalue weighted by atomic mass is 9.90. The third kappa shape index (κ3) is 5.50. The minimum Gasteiger partial charge on any atom is -0.356 e. The van der Waals surface area contributed by atoms with E-state index in [-0.39, 0.29) is 5.91 Å². The Bertz CT molecular complexity index is 225. The van der Waals surface area contributed by atoms with Gasteiger partial charge in [0.05, 0.1) is 0 Å². The molecule has 1 atom stereocenters. The van der Waals surface area contributed by atoms with Gasteiger partial charge in [0.25, 0.3) is 0 Å². The number of carbonyl (C=O) groups is 1. The van der Waals surface area contributed by atoms with Crippen LogP contribution in [-0.4, -0.2) is 50.1 Å². The van der Waals surface area contributed by atoms with Crippen molar-refractivity contribution in [1.82, 2.24) is 15.5 Å². The highest BCUT2D eigenvalue weighted by Crippen LogP contribution is 2.19. The molecule has 1 aliphatic heterocycles. The average molecular weight is 241 g/mol. The molecule has 0 bridgehead atoms. The molecule has 1 unspecified atom stereocenters. The van der Waals surface area contributed by atoms with Crippen molar-refractivity contribution in [3.8, 4) is 0 Å². The normalized spacial score (nSPS) is 20.2. The number of rotatable bonds is 6. The van der Waals surface area contributed by atoms with E-state index in [4.69, 9.17) is 0 Å². The van der Waals surface area contributed by atoms with Gasteiger partial charge in [-0.05, 0) is 52.7 Å². The molecule has 4 heteroatoms. The fraction of sp³-hybridized carbons (Fsp3) is 0.923. The lowest BCUT2D eigenvalue weighted by molar-refractivity contribution is -0.120. The Morgan fingerprint density at radius 2 is 2.06 bits per heavy atom. The summed E-state index contributed by atoms with van der Waals surface area (Å²) >= 11 is 0. The minimum atomic E-state index is 0.149. The zero-order valence-corrected chi connectivity index (χ0v) is 11.5. The molecule has 0 saturated carbocycles. The summed E-state index contributed by atoms with van der Waals surface area (Å²) < 4.78 is 0. The van der Waals surface area contributed by atoms with Crippen LogP contribution in [0, 0.1) is 5.92 Å². The highest BCUT2D eigenvalue weighted by Gasteiger charge is 2.21. The summed E-state index contributed by atoms with van der Waals surface area (Å²) in [5.74, 6) is 0.913. The molecule has 1 fully saturated rings. The van der Waals surface area contributed by atoms with Crippen molar-refractivity contribution in [2.24, 2.45) is 5.92 Å². The van der Waals surface area contributed by atoms with E-state index in [1.807, 2.05) is 6.92 Å². The van der Waals surface area contributed by atoms with E-state index in [0.717, 1.165) is 19.0 Å². The number of hydrogen-bond donors (Lipinski definition) is 2. The van der Waals surface area contributed by atoms with Crippen LogP contribution in [0.3, 0.4) is 0 Å². The molecule has 2 N–H and O–H groups in total. The second kappa shape index (κ2) is 7.67. The summed E-state index contributed by atoms with van der Waals surface area (Å²) in [7, 11) is 2.18. The molecule has 4 nitrogen and oxygen atoms in total. The predicted octanol–water partition coefficient (Wildman–Crippen LogP) is 0.833. The molecular formula is C13H27N3O. The standard InChI is InChI=1S/C13H27N3O/c1-4-14-13(17)5-8-15-11(2)12-6-9-16(3)10-7-12/h11-12,15H,4-10H2,1-3H3,(H,14,17). The Morgan fingerprint density at radius 1 is 1.41 bits per heavy atom. The van der Waals surface area contributed by atoms with Crippen molar-refractivity contribution in [2.75, 3.05) is 33.2 Å². The second-order valence-electron chi connectivity index (χ2n) is 5.09. The molecular weight excluding hydrogens is 214 g/mol. The Hall–Kier alpha value is -0.610. The smallest absolute Gasteiger partial charge is 0.221 e. The zero-order valence-electron chi connectivity index (χ0n) is 11.5. The Balaban J connectivity index is 2.12. The van der Waals surface area contributed by atoms with Gasteiger partial charge in [-0.2, -0.15) is 0 Å². The van der Waals surface area contributed by atoms with E-state index < -0.39 is 0 Å². The maximum Gasteiger partial charge on any atom is 0.221 e. The molecule has 1 amide bonds. The van der Waals surface area contributed by atoms with Crippen molar-refractivity contribution in [2.45, 2.75) is 39.2 Å². The lowest BCUT2D eigenvalue weighted by Crippen LogP contribution is -2.41. The summed E-state index contributed by atoms with van der Waals surface area (Å²) in [4.78, 5) is 13.7. The molecule has 0 aromatic rings. The van der Waals surface area contributed by atoms with Crippen molar-refractivity contribution < 1.29 is 4.79 Å². The largest absolute Gasteiger partial charge is 0.356 e. The third-order valence-electron chi connectivity index (χ3n) is 3.66. The number of piperidine rings is 1. The summed E-state index contributed by atoms with van der Waals surface area (Å²) in [6.07, 6.45) is 3.13. The topological polar surface area (TPSA) is 44.4 Å². The summed E-state index contributed by atoms with van der Waals surface area (Å²) in [6.45, 7) is 8.11. The molecule has 100 valence electrons. The van der Waals surface area contributed by atoms with Gasteiger partial charge in [-0.3, -0.25) is 4.79 Å². The molecule has 1 aliphatic rings. The first kappa shape index (κ1) is 14.5. The van der Waals surface area contributed by atoms with E-state index in [9.17, 15) is 4.79 Å². The monoisotopic (exact) mass is 241 g/mol. The molecule has 1 rings (SSSR count). The number of carbonyl (C=O) groups excluding carboxylic acids is 1. The van der Waals surface area contributed by atoms with Crippen molar-refractivity contribution in [1.29, 1.82) is 0 Å². The van der Waals surface area contributed by atoms with Gasteiger partial charge in [0, 0.05) is 25.6 Å². The third-order valence-corrected chi connectivity index (χ3v) is 3.66. The Labute approximate surface area is 105 Å². The summed E-state index contributed by atoms with van der Waals surface area (Å²) in [5, 5.41) is 6.30. The number of likely N-dealkylation sites (tertiary alicyclic amines) is 1. The van der Waals surface area contributed by atoms with Gasteiger partial charge in [0.15, 0.2) is 0 Å². The second-order valence-corrected chi connectivity index (χ2v) is 5.09. The van der Waals surface area contributed by atoms with Gasteiger partial charge < -0.3 is 15.5 Å². The molecule has 0 aromatic heterocycles. The summed E-state index contributed by atoms with van der Waals surface area (Å²) in [6, 6.07) is 0.526. The molecule has 0 aromatic carbocycles. The van der Waals surface area contributed by atoms with E-state index in [1.54, 1.807) is 0 Å². The first-order valence-corrected chi connectivity index (χ1v) is 6.82. The van der Waals surface area contributed by atoms with Gasteiger partial charge in [0.2, 0.25) is 5.91 Å². The van der Waals surface area contributed by atoms with Crippen molar-refractivity contribution in [3.63, 3.8) is 0 Å². The fourth-order valence-electron chi connectivity index (χ4n) is 2.39. The molecule has 17 heavy (non-hydrogen) atoms. The maximum atomic E-state index is 11.3. The van der Waals surface area contributed by atoms with E-state index >= 15 is 0 Å². The van der Waals surface area contributed by atoms with E-state index in [2.05, 4.69) is 29.5 Å². The van der Waals surface area contributed by atoms with Crippen LogP contribution in [0.25, 0.3) is 0 Å². The summed E-state index contributed by atoms with van der Waals surface area (Å²) in [5.41, 5.74) is 0. The average Bonchev–Trinajstić information content (AvgIpc) is 2.30. The fourth-order valence-corrected chi connectivity index (χ4v) is 2.39. The molecule has 1 heterocycles. The highest BCUT2D eigenvalue weighted by molar-refractivity contribution is 5.75. The van der Waals surface area contributed by atoms with Gasteiger partial charge in [-0.1, -0.05) is 0 Å². The Morgan fingerprint density at radius 3 is 2.65 bits per heavy atom. The van der Waals surface area contributed by atoms with Crippen LogP contribution in [0.2, 0.25) is 0 Å². The van der Waals surface area contributed by atoms with Crippen LogP contribution in [-0.2, 0) is 4.79 Å². The molecule has 0 aliphatic carbocycles.